The molecule has 4 nitrogen and oxygen atoms in total. The number of benzene rings is 2. The molecule has 28 heavy (non-hydrogen) atoms. The van der Waals surface area contributed by atoms with E-state index in [2.05, 4.69) is 5.10 Å². The number of ether oxygens (including phenoxy) is 1. The van der Waals surface area contributed by atoms with Crippen molar-refractivity contribution >= 4 is 82.1 Å². The van der Waals surface area contributed by atoms with Crippen molar-refractivity contribution in [3.63, 3.8) is 0 Å². The average molecular weight is 465 g/mol. The van der Waals surface area contributed by atoms with Crippen LogP contribution in [-0.2, 0) is 4.74 Å². The molecule has 0 aliphatic carbocycles. The summed E-state index contributed by atoms with van der Waals surface area (Å²) in [5, 5.41) is 6.07. The van der Waals surface area contributed by atoms with E-state index >= 15 is 0 Å². The first-order valence-corrected chi connectivity index (χ1v) is 10.4. The van der Waals surface area contributed by atoms with Gasteiger partial charge in [-0.15, -0.1) is 11.8 Å². The van der Waals surface area contributed by atoms with Crippen LogP contribution in [-0.4, -0.2) is 58.2 Å². The second kappa shape index (κ2) is 10.4. The van der Waals surface area contributed by atoms with Gasteiger partial charge in [0.25, 0.3) is 0 Å². The van der Waals surface area contributed by atoms with Gasteiger partial charge in [0.05, 0.1) is 27.9 Å². The van der Waals surface area contributed by atoms with Crippen LogP contribution in [0, 0.1) is 0 Å². The van der Waals surface area contributed by atoms with Crippen molar-refractivity contribution in [2.24, 2.45) is 0 Å². The number of aromatic nitrogens is 2. The first-order chi connectivity index (χ1) is 13.0. The second-order valence-corrected chi connectivity index (χ2v) is 7.56. The Kier molecular flexibility index (Phi) is 8.77. The summed E-state index contributed by atoms with van der Waals surface area (Å²) < 4.78 is 6.81. The zero-order chi connectivity index (χ0) is 19.6. The monoisotopic (exact) mass is 463 g/mol. The maximum absolute atomic E-state index is 12.5. The summed E-state index contributed by atoms with van der Waals surface area (Å²) in [7, 11) is 0. The number of carbonyl (C=O) groups excluding carboxylic acids is 1. The fraction of sp³-hybridized carbons (Fsp3) is 0.158. The van der Waals surface area contributed by atoms with Crippen LogP contribution in [0.5, 0.6) is 0 Å². The summed E-state index contributed by atoms with van der Waals surface area (Å²) in [5.74, 6) is -0.485. The van der Waals surface area contributed by atoms with E-state index in [0.29, 0.717) is 25.7 Å². The molecular weight excluding hydrogens is 450 g/mol. The molecule has 0 atom stereocenters. The third kappa shape index (κ3) is 4.90. The topological polar surface area (TPSA) is 44.1 Å². The molecule has 9 heteroatoms. The van der Waals surface area contributed by atoms with Crippen molar-refractivity contribution in [2.75, 3.05) is 12.9 Å². The van der Waals surface area contributed by atoms with Gasteiger partial charge >= 0.3 is 5.97 Å². The zero-order valence-corrected chi connectivity index (χ0v) is 20.6. The summed E-state index contributed by atoms with van der Waals surface area (Å²) in [6, 6.07) is 12.4. The number of hydrogen-bond acceptors (Lipinski definition) is 4. The molecule has 0 amide bonds. The van der Waals surface area contributed by atoms with Gasteiger partial charge in [0.1, 0.15) is 0 Å². The summed E-state index contributed by atoms with van der Waals surface area (Å²) in [6.45, 7) is 2.02. The maximum Gasteiger partial charge on any atom is 0.360 e. The van der Waals surface area contributed by atoms with Crippen LogP contribution in [0.4, 0.5) is 0 Å². The van der Waals surface area contributed by atoms with Crippen molar-refractivity contribution in [3.8, 4) is 16.9 Å². The molecular formula is C19H15Cl3N2NaO2S. The number of thioether (sulfide) groups is 1. The van der Waals surface area contributed by atoms with E-state index in [1.54, 1.807) is 41.9 Å². The molecule has 2 aromatic carbocycles. The van der Waals surface area contributed by atoms with Crippen LogP contribution in [0.25, 0.3) is 16.9 Å². The summed E-state index contributed by atoms with van der Waals surface area (Å²) in [4.78, 5) is 13.2. The van der Waals surface area contributed by atoms with Crippen molar-refractivity contribution < 1.29 is 9.53 Å². The van der Waals surface area contributed by atoms with Gasteiger partial charge in [-0.25, -0.2) is 9.48 Å². The quantitative estimate of drug-likeness (QED) is 0.263. The third-order valence-electron chi connectivity index (χ3n) is 3.77. The smallest absolute Gasteiger partial charge is 0.360 e. The Hall–Kier alpha value is -0.660. The molecule has 0 aliphatic rings. The standard InChI is InChI=1S/C19H15Cl3N2O2S.Na/c1-3-26-19(25)16-18(27-2)17(11-4-6-12(20)7-5-11)24(23-16)15-9-8-13(21)10-14(15)22;/h4-10H,3H2,1-2H3;. The van der Waals surface area contributed by atoms with Gasteiger partial charge in [-0.05, 0) is 43.5 Å². The second-order valence-electron chi connectivity index (χ2n) is 5.47. The van der Waals surface area contributed by atoms with Gasteiger partial charge in [0, 0.05) is 45.2 Å². The molecule has 141 valence electrons. The Morgan fingerprint density at radius 3 is 2.32 bits per heavy atom. The Balaban J connectivity index is 0.00000280. The van der Waals surface area contributed by atoms with Gasteiger partial charge in [0.15, 0.2) is 5.69 Å². The van der Waals surface area contributed by atoms with Gasteiger partial charge in [-0.1, -0.05) is 46.9 Å². The van der Waals surface area contributed by atoms with Crippen LogP contribution in [0.15, 0.2) is 47.4 Å². The summed E-state index contributed by atoms with van der Waals surface area (Å²) in [5.41, 5.74) is 2.42. The van der Waals surface area contributed by atoms with E-state index in [1.807, 2.05) is 18.4 Å². The first kappa shape index (κ1) is 23.6. The van der Waals surface area contributed by atoms with Crippen molar-refractivity contribution in [1.82, 2.24) is 9.78 Å². The number of hydrogen-bond donors (Lipinski definition) is 0. The van der Waals surface area contributed by atoms with Crippen molar-refractivity contribution in [2.45, 2.75) is 11.8 Å². The molecule has 0 bridgehead atoms. The minimum atomic E-state index is -0.485. The molecule has 1 aromatic heterocycles. The molecule has 0 aliphatic heterocycles. The fourth-order valence-electron chi connectivity index (χ4n) is 2.62. The van der Waals surface area contributed by atoms with Gasteiger partial charge in [-0.2, -0.15) is 5.10 Å². The normalized spacial score (nSPS) is 10.5. The van der Waals surface area contributed by atoms with Crippen LogP contribution in [0.2, 0.25) is 15.1 Å². The number of halogens is 3. The maximum atomic E-state index is 12.5. The van der Waals surface area contributed by atoms with E-state index in [4.69, 9.17) is 39.5 Å². The van der Waals surface area contributed by atoms with E-state index in [1.165, 1.54) is 11.8 Å². The van der Waals surface area contributed by atoms with Crippen LogP contribution in [0.1, 0.15) is 17.4 Å². The first-order valence-electron chi connectivity index (χ1n) is 8.01. The molecule has 0 fully saturated rings. The van der Waals surface area contributed by atoms with Crippen LogP contribution >= 0.6 is 46.6 Å². The van der Waals surface area contributed by atoms with Crippen LogP contribution in [0.3, 0.4) is 0 Å². The molecule has 3 rings (SSSR count). The third-order valence-corrected chi connectivity index (χ3v) is 5.36. The molecule has 1 radical (unpaired) electrons. The minimum absolute atomic E-state index is 0. The van der Waals surface area contributed by atoms with Crippen LogP contribution < -0.4 is 0 Å². The number of carbonyl (C=O) groups is 1. The SMILES string of the molecule is CCOC(=O)c1nn(-c2ccc(Cl)cc2Cl)c(-c2ccc(Cl)cc2)c1SC.[Na]. The number of nitrogens with zero attached hydrogens (tertiary/aromatic N) is 2. The summed E-state index contributed by atoms with van der Waals surface area (Å²) >= 11 is 19.9. The summed E-state index contributed by atoms with van der Waals surface area (Å²) in [6.07, 6.45) is 1.88. The number of esters is 1. The zero-order valence-electron chi connectivity index (χ0n) is 15.5. The average Bonchev–Trinajstić information content (AvgIpc) is 3.02. The Morgan fingerprint density at radius 1 is 1.11 bits per heavy atom. The van der Waals surface area contributed by atoms with Crippen molar-refractivity contribution in [1.29, 1.82) is 0 Å². The Labute approximate surface area is 204 Å². The minimum Gasteiger partial charge on any atom is -0.461 e. The molecule has 3 aromatic rings. The van der Waals surface area contributed by atoms with E-state index in [-0.39, 0.29) is 41.9 Å². The van der Waals surface area contributed by atoms with Gasteiger partial charge in [-0.3, -0.25) is 0 Å². The fourth-order valence-corrected chi connectivity index (χ4v) is 3.95. The molecule has 0 N–H and O–H groups in total. The molecule has 0 spiro atoms. The number of rotatable bonds is 5. The van der Waals surface area contributed by atoms with Gasteiger partial charge < -0.3 is 4.74 Å². The Bertz CT molecular complexity index is 994. The molecule has 0 saturated heterocycles. The molecule has 0 saturated carbocycles. The van der Waals surface area contributed by atoms with E-state index < -0.39 is 5.97 Å². The largest absolute Gasteiger partial charge is 0.461 e. The van der Waals surface area contributed by atoms with Gasteiger partial charge in [0.2, 0.25) is 0 Å². The van der Waals surface area contributed by atoms with E-state index in [0.717, 1.165) is 11.3 Å². The Morgan fingerprint density at radius 2 is 1.75 bits per heavy atom. The van der Waals surface area contributed by atoms with E-state index in [9.17, 15) is 4.79 Å². The molecule has 1 heterocycles. The predicted octanol–water partition coefficient (Wildman–Crippen LogP) is 6.02. The predicted molar refractivity (Wildman–Crippen MR) is 118 cm³/mol. The molecule has 0 unspecified atom stereocenters. The van der Waals surface area contributed by atoms with Crippen molar-refractivity contribution in [3.05, 3.63) is 63.2 Å².